The molecule has 0 saturated heterocycles. The highest BCUT2D eigenvalue weighted by molar-refractivity contribution is 7.12. The number of carbonyl (C=O) groups is 2. The summed E-state index contributed by atoms with van der Waals surface area (Å²) in [6, 6.07) is 3.70. The third-order valence-corrected chi connectivity index (χ3v) is 4.96. The van der Waals surface area contributed by atoms with Crippen LogP contribution in [0.1, 0.15) is 45.4 Å². The molecule has 5 nitrogen and oxygen atoms in total. The molecule has 0 aromatic carbocycles. The minimum atomic E-state index is -0.453. The Morgan fingerprint density at radius 3 is 2.74 bits per heavy atom. The van der Waals surface area contributed by atoms with E-state index < -0.39 is 5.97 Å². The van der Waals surface area contributed by atoms with Crippen LogP contribution in [0.3, 0.4) is 0 Å². The Bertz CT molecular complexity index is 650. The summed E-state index contributed by atoms with van der Waals surface area (Å²) < 4.78 is 4.67. The molecule has 1 amide bonds. The van der Waals surface area contributed by atoms with Gasteiger partial charge in [-0.2, -0.15) is 0 Å². The molecule has 0 fully saturated rings. The van der Waals surface area contributed by atoms with E-state index in [1.165, 1.54) is 29.8 Å². The number of carbonyl (C=O) groups excluding carboxylic acids is 2. The topological polar surface area (TPSA) is 59.5 Å². The summed E-state index contributed by atoms with van der Waals surface area (Å²) in [6.45, 7) is 5.34. The van der Waals surface area contributed by atoms with Crippen molar-refractivity contribution in [2.24, 2.45) is 5.92 Å². The molecular weight excluding hydrogens is 332 g/mol. The molecule has 0 aliphatic heterocycles. The van der Waals surface area contributed by atoms with Crippen molar-refractivity contribution in [2.45, 2.75) is 26.8 Å². The van der Waals surface area contributed by atoms with Crippen LogP contribution in [0.15, 0.2) is 22.9 Å². The summed E-state index contributed by atoms with van der Waals surface area (Å²) in [5, 5.41) is 4.29. The number of aromatic nitrogens is 1. The van der Waals surface area contributed by atoms with Gasteiger partial charge in [-0.3, -0.25) is 4.79 Å². The number of thiophene rings is 1. The molecular formula is C16H20N2O3S2. The van der Waals surface area contributed by atoms with E-state index in [0.717, 1.165) is 16.3 Å². The molecule has 2 rings (SSSR count). The molecule has 7 heteroatoms. The standard InChI is InChI=1S/C16H20N2O3S2/c1-11(2)6-7-18(15(19)13-5-4-8-22-13)9-14-17-12(10-23-14)16(20)21-3/h4-5,8,10-11H,6-7,9H2,1-3H3. The average molecular weight is 352 g/mol. The SMILES string of the molecule is COC(=O)c1csc(CN(CCC(C)C)C(=O)c2cccs2)n1. The highest BCUT2D eigenvalue weighted by atomic mass is 32.1. The predicted octanol–water partition coefficient (Wildman–Crippen LogP) is 3.68. The lowest BCUT2D eigenvalue weighted by molar-refractivity contribution is 0.0594. The molecule has 0 atom stereocenters. The number of esters is 1. The van der Waals surface area contributed by atoms with Gasteiger partial charge < -0.3 is 9.64 Å². The van der Waals surface area contributed by atoms with Crippen LogP contribution in [-0.4, -0.2) is 35.4 Å². The Hall–Kier alpha value is -1.73. The lowest BCUT2D eigenvalue weighted by atomic mass is 10.1. The first-order chi connectivity index (χ1) is 11.0. The van der Waals surface area contributed by atoms with Crippen molar-refractivity contribution in [2.75, 3.05) is 13.7 Å². The number of nitrogens with zero attached hydrogens (tertiary/aromatic N) is 2. The van der Waals surface area contributed by atoms with E-state index in [1.54, 1.807) is 10.3 Å². The van der Waals surface area contributed by atoms with Crippen molar-refractivity contribution in [1.82, 2.24) is 9.88 Å². The first kappa shape index (κ1) is 17.6. The molecule has 0 radical (unpaired) electrons. The molecule has 2 aromatic heterocycles. The van der Waals surface area contributed by atoms with Crippen LogP contribution in [-0.2, 0) is 11.3 Å². The summed E-state index contributed by atoms with van der Waals surface area (Å²) in [5.41, 5.74) is 0.292. The molecule has 0 unspecified atom stereocenters. The van der Waals surface area contributed by atoms with Crippen molar-refractivity contribution in [3.63, 3.8) is 0 Å². The van der Waals surface area contributed by atoms with Gasteiger partial charge in [0.05, 0.1) is 18.5 Å². The van der Waals surface area contributed by atoms with E-state index in [1.807, 2.05) is 17.5 Å². The van der Waals surface area contributed by atoms with Crippen molar-refractivity contribution in [3.05, 3.63) is 38.5 Å². The third-order valence-electron chi connectivity index (χ3n) is 3.27. The van der Waals surface area contributed by atoms with Crippen LogP contribution < -0.4 is 0 Å². The van der Waals surface area contributed by atoms with E-state index in [4.69, 9.17) is 0 Å². The smallest absolute Gasteiger partial charge is 0.357 e. The van der Waals surface area contributed by atoms with Gasteiger partial charge >= 0.3 is 5.97 Å². The molecule has 0 bridgehead atoms. The first-order valence-corrected chi connectivity index (χ1v) is 9.12. The van der Waals surface area contributed by atoms with Gasteiger partial charge in [-0.1, -0.05) is 19.9 Å². The molecule has 0 aliphatic rings. The molecule has 0 aliphatic carbocycles. The van der Waals surface area contributed by atoms with Gasteiger partial charge in [0.25, 0.3) is 5.91 Å². The number of methoxy groups -OCH3 is 1. The number of thiazole rings is 1. The van der Waals surface area contributed by atoms with Crippen LogP contribution in [0.2, 0.25) is 0 Å². The number of ether oxygens (including phenoxy) is 1. The molecule has 2 aromatic rings. The Morgan fingerprint density at radius 1 is 1.35 bits per heavy atom. The Kier molecular flexibility index (Phi) is 6.29. The molecule has 0 spiro atoms. The highest BCUT2D eigenvalue weighted by Crippen LogP contribution is 2.18. The first-order valence-electron chi connectivity index (χ1n) is 7.36. The van der Waals surface area contributed by atoms with Gasteiger partial charge in [0.1, 0.15) is 5.01 Å². The summed E-state index contributed by atoms with van der Waals surface area (Å²) >= 11 is 2.80. The normalized spacial score (nSPS) is 10.8. The number of amides is 1. The van der Waals surface area contributed by atoms with Crippen LogP contribution >= 0.6 is 22.7 Å². The summed E-state index contributed by atoms with van der Waals surface area (Å²) in [5.74, 6) is 0.0665. The van der Waals surface area contributed by atoms with Crippen molar-refractivity contribution in [1.29, 1.82) is 0 Å². The van der Waals surface area contributed by atoms with E-state index >= 15 is 0 Å². The lowest BCUT2D eigenvalue weighted by Gasteiger charge is -2.22. The molecule has 0 saturated carbocycles. The van der Waals surface area contributed by atoms with Crippen LogP contribution in [0.25, 0.3) is 0 Å². The fourth-order valence-electron chi connectivity index (χ4n) is 1.97. The number of hydrogen-bond acceptors (Lipinski definition) is 6. The van der Waals surface area contributed by atoms with Crippen molar-refractivity contribution in [3.8, 4) is 0 Å². The molecule has 0 N–H and O–H groups in total. The van der Waals surface area contributed by atoms with Gasteiger partial charge in [0.15, 0.2) is 5.69 Å². The zero-order chi connectivity index (χ0) is 16.8. The number of hydrogen-bond donors (Lipinski definition) is 0. The van der Waals surface area contributed by atoms with E-state index in [2.05, 4.69) is 23.6 Å². The monoisotopic (exact) mass is 352 g/mol. The fraction of sp³-hybridized carbons (Fsp3) is 0.438. The number of rotatable bonds is 7. The Morgan fingerprint density at radius 2 is 2.13 bits per heavy atom. The maximum Gasteiger partial charge on any atom is 0.357 e. The van der Waals surface area contributed by atoms with Crippen LogP contribution in [0.5, 0.6) is 0 Å². The fourth-order valence-corrected chi connectivity index (χ4v) is 3.44. The van der Waals surface area contributed by atoms with E-state index in [0.29, 0.717) is 24.7 Å². The zero-order valence-corrected chi connectivity index (χ0v) is 15.1. The van der Waals surface area contributed by atoms with Crippen LogP contribution in [0.4, 0.5) is 0 Å². The van der Waals surface area contributed by atoms with Crippen LogP contribution in [0, 0.1) is 5.92 Å². The van der Waals surface area contributed by atoms with Gasteiger partial charge in [-0.05, 0) is 23.8 Å². The summed E-state index contributed by atoms with van der Waals surface area (Å²) in [4.78, 5) is 30.9. The van der Waals surface area contributed by atoms with E-state index in [9.17, 15) is 9.59 Å². The minimum Gasteiger partial charge on any atom is -0.464 e. The highest BCUT2D eigenvalue weighted by Gasteiger charge is 2.20. The second-order valence-electron chi connectivity index (χ2n) is 5.50. The van der Waals surface area contributed by atoms with Gasteiger partial charge in [0.2, 0.25) is 0 Å². The maximum atomic E-state index is 12.6. The minimum absolute atomic E-state index is 0.00969. The largest absolute Gasteiger partial charge is 0.464 e. The maximum absolute atomic E-state index is 12.6. The molecule has 124 valence electrons. The predicted molar refractivity (Wildman–Crippen MR) is 92.0 cm³/mol. The third kappa shape index (κ3) is 4.87. The van der Waals surface area contributed by atoms with E-state index in [-0.39, 0.29) is 5.91 Å². The summed E-state index contributed by atoms with van der Waals surface area (Å²) in [6.07, 6.45) is 0.923. The zero-order valence-electron chi connectivity index (χ0n) is 13.4. The Labute approximate surface area is 143 Å². The second kappa shape index (κ2) is 8.21. The molecule has 23 heavy (non-hydrogen) atoms. The quantitative estimate of drug-likeness (QED) is 0.713. The van der Waals surface area contributed by atoms with Gasteiger partial charge in [-0.25, -0.2) is 9.78 Å². The van der Waals surface area contributed by atoms with Gasteiger partial charge in [0, 0.05) is 11.9 Å². The van der Waals surface area contributed by atoms with Gasteiger partial charge in [-0.15, -0.1) is 22.7 Å². The lowest BCUT2D eigenvalue weighted by Crippen LogP contribution is -2.31. The summed E-state index contributed by atoms with van der Waals surface area (Å²) in [7, 11) is 1.33. The molecule has 2 heterocycles. The van der Waals surface area contributed by atoms with Crippen molar-refractivity contribution < 1.29 is 14.3 Å². The average Bonchev–Trinajstić information content (AvgIpc) is 3.21. The van der Waals surface area contributed by atoms with Crippen molar-refractivity contribution >= 4 is 34.6 Å². The Balaban J connectivity index is 2.12. The second-order valence-corrected chi connectivity index (χ2v) is 7.39.